The smallest absolute Gasteiger partial charge is 0.264 e. The van der Waals surface area contributed by atoms with Gasteiger partial charge in [0.15, 0.2) is 17.6 Å². The van der Waals surface area contributed by atoms with E-state index in [1.54, 1.807) is 41.3 Å². The number of benzene rings is 3. The van der Waals surface area contributed by atoms with Crippen molar-refractivity contribution in [2.45, 2.75) is 32.5 Å². The standard InChI is InChI=1S/C27H23N3O5/c1-2-22-27(32)30(14-18-5-9-24-25(11-18)34-16-33-24)15-20-12-21(8-10-23(20)35-22)29-26(31)19-6-3-17(13-28)4-7-19/h3-12,22H,2,14-16H2,1H3,(H,29,31). The molecule has 0 saturated heterocycles. The van der Waals surface area contributed by atoms with E-state index in [1.165, 1.54) is 0 Å². The zero-order valence-corrected chi connectivity index (χ0v) is 19.1. The number of ether oxygens (including phenoxy) is 3. The first-order valence-electron chi connectivity index (χ1n) is 11.3. The lowest BCUT2D eigenvalue weighted by atomic mass is 10.1. The lowest BCUT2D eigenvalue weighted by Gasteiger charge is -2.23. The topological polar surface area (TPSA) is 101 Å². The maximum Gasteiger partial charge on any atom is 0.264 e. The van der Waals surface area contributed by atoms with Crippen LogP contribution in [0.25, 0.3) is 0 Å². The maximum atomic E-state index is 13.2. The summed E-state index contributed by atoms with van der Waals surface area (Å²) in [6, 6.07) is 19.5. The van der Waals surface area contributed by atoms with Crippen LogP contribution < -0.4 is 19.5 Å². The summed E-state index contributed by atoms with van der Waals surface area (Å²) in [6.07, 6.45) is -0.0584. The molecule has 0 aromatic heterocycles. The van der Waals surface area contributed by atoms with Gasteiger partial charge in [0.25, 0.3) is 11.8 Å². The highest BCUT2D eigenvalue weighted by molar-refractivity contribution is 6.04. The number of hydrogen-bond acceptors (Lipinski definition) is 6. The number of hydrogen-bond donors (Lipinski definition) is 1. The summed E-state index contributed by atoms with van der Waals surface area (Å²) in [5.74, 6) is 1.60. The summed E-state index contributed by atoms with van der Waals surface area (Å²) >= 11 is 0. The SMILES string of the molecule is CCC1Oc2ccc(NC(=O)c3ccc(C#N)cc3)cc2CN(Cc2ccc3c(c2)OCO3)C1=O. The average Bonchev–Trinajstić information content (AvgIpc) is 3.30. The van der Waals surface area contributed by atoms with Crippen LogP contribution in [-0.4, -0.2) is 29.6 Å². The van der Waals surface area contributed by atoms with E-state index in [2.05, 4.69) is 5.32 Å². The van der Waals surface area contributed by atoms with Crippen molar-refractivity contribution in [1.82, 2.24) is 4.90 Å². The highest BCUT2D eigenvalue weighted by atomic mass is 16.7. The molecule has 0 fully saturated rings. The largest absolute Gasteiger partial charge is 0.480 e. The van der Waals surface area contributed by atoms with Gasteiger partial charge in [0.05, 0.1) is 11.6 Å². The number of amides is 2. The molecule has 3 aromatic carbocycles. The van der Waals surface area contributed by atoms with E-state index in [9.17, 15) is 9.59 Å². The van der Waals surface area contributed by atoms with Crippen LogP contribution in [-0.2, 0) is 17.9 Å². The molecule has 0 bridgehead atoms. The van der Waals surface area contributed by atoms with E-state index in [4.69, 9.17) is 19.5 Å². The summed E-state index contributed by atoms with van der Waals surface area (Å²) in [7, 11) is 0. The number of rotatable bonds is 5. The molecule has 8 heteroatoms. The third-order valence-corrected chi connectivity index (χ3v) is 5.99. The summed E-state index contributed by atoms with van der Waals surface area (Å²) in [4.78, 5) is 27.7. The van der Waals surface area contributed by atoms with Gasteiger partial charge in [-0.1, -0.05) is 13.0 Å². The summed E-state index contributed by atoms with van der Waals surface area (Å²) in [5.41, 5.74) is 3.24. The molecule has 35 heavy (non-hydrogen) atoms. The van der Waals surface area contributed by atoms with Crippen molar-refractivity contribution in [1.29, 1.82) is 5.26 Å². The van der Waals surface area contributed by atoms with Gasteiger partial charge in [0.1, 0.15) is 5.75 Å². The molecule has 2 aliphatic rings. The summed E-state index contributed by atoms with van der Waals surface area (Å²) in [6.45, 7) is 2.83. The number of fused-ring (bicyclic) bond motifs is 2. The van der Waals surface area contributed by atoms with Gasteiger partial charge in [0.2, 0.25) is 6.79 Å². The first-order chi connectivity index (χ1) is 17.0. The molecule has 2 heterocycles. The molecular formula is C27H23N3O5. The molecule has 1 unspecified atom stereocenters. The van der Waals surface area contributed by atoms with Crippen LogP contribution in [0.2, 0.25) is 0 Å². The van der Waals surface area contributed by atoms with E-state index >= 15 is 0 Å². The normalized spacial score (nSPS) is 16.1. The monoisotopic (exact) mass is 469 g/mol. The van der Waals surface area contributed by atoms with Gasteiger partial charge in [-0.2, -0.15) is 5.26 Å². The average molecular weight is 469 g/mol. The first kappa shape index (κ1) is 22.3. The second-order valence-electron chi connectivity index (χ2n) is 8.36. The van der Waals surface area contributed by atoms with Gasteiger partial charge in [-0.05, 0) is 66.6 Å². The molecule has 176 valence electrons. The molecular weight excluding hydrogens is 446 g/mol. The fourth-order valence-electron chi connectivity index (χ4n) is 4.14. The Hall–Kier alpha value is -4.51. The fourth-order valence-corrected chi connectivity index (χ4v) is 4.14. The molecule has 0 aliphatic carbocycles. The zero-order chi connectivity index (χ0) is 24.4. The minimum Gasteiger partial charge on any atom is -0.480 e. The van der Waals surface area contributed by atoms with E-state index in [-0.39, 0.29) is 18.6 Å². The van der Waals surface area contributed by atoms with Crippen molar-refractivity contribution in [3.63, 3.8) is 0 Å². The molecule has 3 aromatic rings. The minimum atomic E-state index is -0.593. The Morgan fingerprint density at radius 3 is 2.60 bits per heavy atom. The fraction of sp³-hybridized carbons (Fsp3) is 0.222. The van der Waals surface area contributed by atoms with Crippen LogP contribution in [0.5, 0.6) is 17.2 Å². The Labute approximate surface area is 202 Å². The van der Waals surface area contributed by atoms with Crippen molar-refractivity contribution in [2.75, 3.05) is 12.1 Å². The van der Waals surface area contributed by atoms with Crippen LogP contribution in [0.3, 0.4) is 0 Å². The Kier molecular flexibility index (Phi) is 5.98. The van der Waals surface area contributed by atoms with Crippen LogP contribution in [0.4, 0.5) is 5.69 Å². The van der Waals surface area contributed by atoms with E-state index in [0.717, 1.165) is 11.1 Å². The quantitative estimate of drug-likeness (QED) is 0.600. The lowest BCUT2D eigenvalue weighted by molar-refractivity contribution is -0.139. The summed E-state index contributed by atoms with van der Waals surface area (Å²) in [5, 5.41) is 11.8. The van der Waals surface area contributed by atoms with Gasteiger partial charge in [-0.25, -0.2) is 0 Å². The number of anilines is 1. The number of carbonyl (C=O) groups is 2. The first-order valence-corrected chi connectivity index (χ1v) is 11.3. The Bertz CT molecular complexity index is 1330. The second kappa shape index (κ2) is 9.39. The Balaban J connectivity index is 1.38. The van der Waals surface area contributed by atoms with E-state index in [0.29, 0.717) is 53.6 Å². The van der Waals surface area contributed by atoms with E-state index in [1.807, 2.05) is 37.3 Å². The number of nitriles is 1. The number of carbonyl (C=O) groups excluding carboxylic acids is 2. The van der Waals surface area contributed by atoms with Gasteiger partial charge >= 0.3 is 0 Å². The molecule has 0 saturated carbocycles. The molecule has 1 N–H and O–H groups in total. The molecule has 2 aliphatic heterocycles. The van der Waals surface area contributed by atoms with Crippen molar-refractivity contribution in [3.8, 4) is 23.3 Å². The molecule has 8 nitrogen and oxygen atoms in total. The van der Waals surface area contributed by atoms with Crippen LogP contribution in [0, 0.1) is 11.3 Å². The van der Waals surface area contributed by atoms with Gasteiger partial charge < -0.3 is 24.4 Å². The Morgan fingerprint density at radius 1 is 1.06 bits per heavy atom. The van der Waals surface area contributed by atoms with Crippen molar-refractivity contribution < 1.29 is 23.8 Å². The third-order valence-electron chi connectivity index (χ3n) is 5.99. The van der Waals surface area contributed by atoms with Crippen LogP contribution >= 0.6 is 0 Å². The highest BCUT2D eigenvalue weighted by Crippen LogP contribution is 2.34. The van der Waals surface area contributed by atoms with E-state index < -0.39 is 6.10 Å². The van der Waals surface area contributed by atoms with Crippen molar-refractivity contribution in [3.05, 3.63) is 82.9 Å². The second-order valence-corrected chi connectivity index (χ2v) is 8.36. The minimum absolute atomic E-state index is 0.0930. The van der Waals surface area contributed by atoms with Crippen molar-refractivity contribution in [2.24, 2.45) is 0 Å². The Morgan fingerprint density at radius 2 is 1.83 bits per heavy atom. The zero-order valence-electron chi connectivity index (χ0n) is 19.1. The third kappa shape index (κ3) is 4.62. The summed E-state index contributed by atoms with van der Waals surface area (Å²) < 4.78 is 16.9. The predicted molar refractivity (Wildman–Crippen MR) is 127 cm³/mol. The molecule has 2 amide bonds. The van der Waals surface area contributed by atoms with Crippen LogP contribution in [0.15, 0.2) is 60.7 Å². The molecule has 0 spiro atoms. The highest BCUT2D eigenvalue weighted by Gasteiger charge is 2.30. The van der Waals surface area contributed by atoms with Crippen LogP contribution in [0.1, 0.15) is 40.4 Å². The van der Waals surface area contributed by atoms with Crippen molar-refractivity contribution >= 4 is 17.5 Å². The molecule has 5 rings (SSSR count). The maximum absolute atomic E-state index is 13.2. The molecule has 0 radical (unpaired) electrons. The van der Waals surface area contributed by atoms with Gasteiger partial charge in [-0.3, -0.25) is 9.59 Å². The van der Waals surface area contributed by atoms with Gasteiger partial charge in [-0.15, -0.1) is 0 Å². The molecule has 1 atom stereocenters. The predicted octanol–water partition coefficient (Wildman–Crippen LogP) is 4.24. The lowest BCUT2D eigenvalue weighted by Crippen LogP contribution is -2.38. The number of nitrogens with one attached hydrogen (secondary N) is 1. The number of nitrogens with zero attached hydrogens (tertiary/aromatic N) is 2. The van der Waals surface area contributed by atoms with Gasteiger partial charge in [0, 0.05) is 29.9 Å².